The first-order valence-corrected chi connectivity index (χ1v) is 8.20. The first kappa shape index (κ1) is 18.0. The van der Waals surface area contributed by atoms with E-state index < -0.39 is 0 Å². The summed E-state index contributed by atoms with van der Waals surface area (Å²) in [6.07, 6.45) is 2.77. The van der Waals surface area contributed by atoms with Crippen LogP contribution < -0.4 is 0 Å². The molecule has 5 heteroatoms. The molecule has 0 radical (unpaired) electrons. The molecule has 0 aromatic carbocycles. The molecule has 0 aromatic heterocycles. The van der Waals surface area contributed by atoms with Crippen molar-refractivity contribution in [1.29, 1.82) is 0 Å². The molecular formula is C13H24O3S2. The Morgan fingerprint density at radius 3 is 2.22 bits per heavy atom. The maximum absolute atomic E-state index is 10.4. The Kier molecular flexibility index (Phi) is 8.99. The highest BCUT2D eigenvalue weighted by molar-refractivity contribution is 8.01. The van der Waals surface area contributed by atoms with Gasteiger partial charge in [-0.05, 0) is 39.9 Å². The summed E-state index contributed by atoms with van der Waals surface area (Å²) in [5.74, 6) is 1.98. The van der Waals surface area contributed by atoms with Crippen LogP contribution in [0.1, 0.15) is 34.1 Å². The number of aldehydes is 2. The van der Waals surface area contributed by atoms with Crippen LogP contribution in [0.4, 0.5) is 0 Å². The third-order valence-electron chi connectivity index (χ3n) is 2.39. The van der Waals surface area contributed by atoms with Gasteiger partial charge in [0.1, 0.15) is 12.6 Å². The number of thioether (sulfide) groups is 2. The number of carbonyl (C=O) groups is 2. The minimum absolute atomic E-state index is 0.0475. The van der Waals surface area contributed by atoms with E-state index in [2.05, 4.69) is 27.7 Å². The van der Waals surface area contributed by atoms with Crippen molar-refractivity contribution in [2.75, 3.05) is 23.9 Å². The van der Waals surface area contributed by atoms with E-state index in [1.54, 1.807) is 23.5 Å². The van der Waals surface area contributed by atoms with Crippen LogP contribution in [-0.4, -0.2) is 46.8 Å². The van der Waals surface area contributed by atoms with Gasteiger partial charge in [0.25, 0.3) is 0 Å². The number of ether oxygens (including phenoxy) is 1. The molecular weight excluding hydrogens is 268 g/mol. The molecule has 0 aliphatic rings. The Hall–Kier alpha value is -0.0000000000000000555. The zero-order valence-electron chi connectivity index (χ0n) is 11.7. The van der Waals surface area contributed by atoms with Crippen molar-refractivity contribution in [2.24, 2.45) is 0 Å². The summed E-state index contributed by atoms with van der Waals surface area (Å²) in [7, 11) is 0. The predicted octanol–water partition coefficient (Wildman–Crippen LogP) is 2.81. The van der Waals surface area contributed by atoms with E-state index in [1.807, 2.05) is 0 Å². The van der Waals surface area contributed by atoms with E-state index in [1.165, 1.54) is 0 Å². The lowest BCUT2D eigenvalue weighted by atomic mass is 10.1. The van der Waals surface area contributed by atoms with Gasteiger partial charge < -0.3 is 14.3 Å². The lowest BCUT2D eigenvalue weighted by Gasteiger charge is -2.31. The van der Waals surface area contributed by atoms with E-state index in [4.69, 9.17) is 4.74 Å². The monoisotopic (exact) mass is 292 g/mol. The molecule has 0 rings (SSSR count). The van der Waals surface area contributed by atoms with Gasteiger partial charge in [0.2, 0.25) is 0 Å². The second kappa shape index (κ2) is 8.99. The second-order valence-corrected chi connectivity index (χ2v) is 8.15. The molecule has 18 heavy (non-hydrogen) atoms. The van der Waals surface area contributed by atoms with Gasteiger partial charge in [-0.3, -0.25) is 0 Å². The SMILES string of the molecule is CC(C)(CCSCC=O)OCC(C)(C)SCC=O. The second-order valence-electron chi connectivity index (χ2n) is 5.28. The highest BCUT2D eigenvalue weighted by atomic mass is 32.2. The number of hydrogen-bond donors (Lipinski definition) is 0. The maximum Gasteiger partial charge on any atom is 0.129 e. The van der Waals surface area contributed by atoms with Gasteiger partial charge in [-0.1, -0.05) is 0 Å². The van der Waals surface area contributed by atoms with Crippen molar-refractivity contribution in [2.45, 2.75) is 44.5 Å². The zero-order valence-corrected chi connectivity index (χ0v) is 13.4. The predicted molar refractivity (Wildman–Crippen MR) is 80.6 cm³/mol. The quantitative estimate of drug-likeness (QED) is 0.433. The summed E-state index contributed by atoms with van der Waals surface area (Å²) >= 11 is 3.23. The first-order valence-electron chi connectivity index (χ1n) is 6.06. The average molecular weight is 292 g/mol. The van der Waals surface area contributed by atoms with Gasteiger partial charge in [-0.15, -0.1) is 11.8 Å². The van der Waals surface area contributed by atoms with E-state index in [0.29, 0.717) is 18.1 Å². The Labute approximate surface area is 119 Å². The van der Waals surface area contributed by atoms with Crippen LogP contribution >= 0.6 is 23.5 Å². The molecule has 0 aliphatic heterocycles. The van der Waals surface area contributed by atoms with Crippen LogP contribution in [-0.2, 0) is 14.3 Å². The summed E-state index contributed by atoms with van der Waals surface area (Å²) in [4.78, 5) is 20.6. The summed E-state index contributed by atoms with van der Waals surface area (Å²) < 4.78 is 5.89. The Balaban J connectivity index is 3.92. The molecule has 0 atom stereocenters. The number of rotatable bonds is 11. The van der Waals surface area contributed by atoms with Gasteiger partial charge in [-0.2, -0.15) is 11.8 Å². The third-order valence-corrected chi connectivity index (χ3v) is 4.45. The molecule has 0 saturated heterocycles. The van der Waals surface area contributed by atoms with Crippen LogP contribution in [0.15, 0.2) is 0 Å². The van der Waals surface area contributed by atoms with Gasteiger partial charge in [0, 0.05) is 16.3 Å². The largest absolute Gasteiger partial charge is 0.374 e. The number of hydrogen-bond acceptors (Lipinski definition) is 5. The molecule has 0 fully saturated rings. The Morgan fingerprint density at radius 2 is 1.67 bits per heavy atom. The van der Waals surface area contributed by atoms with Gasteiger partial charge >= 0.3 is 0 Å². The van der Waals surface area contributed by atoms with Crippen molar-refractivity contribution in [1.82, 2.24) is 0 Å². The van der Waals surface area contributed by atoms with Crippen LogP contribution in [0.3, 0.4) is 0 Å². The number of carbonyl (C=O) groups excluding carboxylic acids is 2. The van der Waals surface area contributed by atoms with Crippen LogP contribution in [0, 0.1) is 0 Å². The molecule has 0 spiro atoms. The van der Waals surface area contributed by atoms with Gasteiger partial charge in [-0.25, -0.2) is 0 Å². The van der Waals surface area contributed by atoms with Crippen molar-refractivity contribution < 1.29 is 14.3 Å². The molecule has 0 unspecified atom stereocenters. The molecule has 0 amide bonds. The maximum atomic E-state index is 10.4. The lowest BCUT2D eigenvalue weighted by Crippen LogP contribution is -2.33. The summed E-state index contributed by atoms with van der Waals surface area (Å²) in [6, 6.07) is 0. The molecule has 106 valence electrons. The van der Waals surface area contributed by atoms with E-state index in [9.17, 15) is 9.59 Å². The zero-order chi connectivity index (χ0) is 14.1. The third kappa shape index (κ3) is 9.97. The fourth-order valence-electron chi connectivity index (χ4n) is 1.19. The highest BCUT2D eigenvalue weighted by Crippen LogP contribution is 2.27. The normalized spacial score (nSPS) is 12.4. The van der Waals surface area contributed by atoms with Crippen molar-refractivity contribution >= 4 is 36.1 Å². The van der Waals surface area contributed by atoms with Crippen LogP contribution in [0.2, 0.25) is 0 Å². The molecule has 0 heterocycles. The standard InChI is InChI=1S/C13H24O3S2/c1-12(2,5-8-17-9-6-14)16-11-13(3,4)18-10-7-15/h6-7H,5,8-11H2,1-4H3. The molecule has 0 bridgehead atoms. The summed E-state index contributed by atoms with van der Waals surface area (Å²) in [5, 5.41) is 0. The fraction of sp³-hybridized carbons (Fsp3) is 0.846. The van der Waals surface area contributed by atoms with Crippen molar-refractivity contribution in [3.05, 3.63) is 0 Å². The Morgan fingerprint density at radius 1 is 1.06 bits per heavy atom. The molecule has 3 nitrogen and oxygen atoms in total. The highest BCUT2D eigenvalue weighted by Gasteiger charge is 2.24. The molecule has 0 N–H and O–H groups in total. The van der Waals surface area contributed by atoms with Crippen molar-refractivity contribution in [3.8, 4) is 0 Å². The van der Waals surface area contributed by atoms with Gasteiger partial charge in [0.05, 0.1) is 12.2 Å². The minimum Gasteiger partial charge on any atom is -0.374 e. The Bertz CT molecular complexity index is 253. The smallest absolute Gasteiger partial charge is 0.129 e. The van der Waals surface area contributed by atoms with Gasteiger partial charge in [0.15, 0.2) is 0 Å². The van der Waals surface area contributed by atoms with E-state index in [0.717, 1.165) is 24.7 Å². The first-order chi connectivity index (χ1) is 8.33. The molecule has 0 aromatic rings. The average Bonchev–Trinajstić information content (AvgIpc) is 2.30. The molecule has 0 saturated carbocycles. The minimum atomic E-state index is -0.186. The van der Waals surface area contributed by atoms with Crippen LogP contribution in [0.25, 0.3) is 0 Å². The fourth-order valence-corrected chi connectivity index (χ4v) is 2.75. The topological polar surface area (TPSA) is 43.4 Å². The lowest BCUT2D eigenvalue weighted by molar-refractivity contribution is -0.106. The van der Waals surface area contributed by atoms with E-state index >= 15 is 0 Å². The summed E-state index contributed by atoms with van der Waals surface area (Å²) in [6.45, 7) is 8.91. The molecule has 0 aliphatic carbocycles. The van der Waals surface area contributed by atoms with Crippen LogP contribution in [0.5, 0.6) is 0 Å². The summed E-state index contributed by atoms with van der Waals surface area (Å²) in [5.41, 5.74) is -0.186. The van der Waals surface area contributed by atoms with Crippen molar-refractivity contribution in [3.63, 3.8) is 0 Å². The van der Waals surface area contributed by atoms with E-state index in [-0.39, 0.29) is 10.3 Å².